The zero-order chi connectivity index (χ0) is 6.69. The molecule has 3 nitrogen and oxygen atoms in total. The lowest BCUT2D eigenvalue weighted by Crippen LogP contribution is -2.29. The molecular weight excluding hydrogens is 116 g/mol. The van der Waals surface area contributed by atoms with E-state index in [1.54, 1.807) is 0 Å². The van der Waals surface area contributed by atoms with Gasteiger partial charge in [-0.2, -0.15) is 0 Å². The SMILES string of the molecule is NCC(=O)CNC1CC1. The fourth-order valence-corrected chi connectivity index (χ4v) is 0.618. The number of Topliss-reactive ketones (excluding diaryl/α,β-unsaturated/α-hetero) is 1. The summed E-state index contributed by atoms with van der Waals surface area (Å²) in [6.45, 7) is 0.626. The molecule has 9 heavy (non-hydrogen) atoms. The molecule has 3 heteroatoms. The molecule has 0 radical (unpaired) electrons. The maximum Gasteiger partial charge on any atom is 0.160 e. The summed E-state index contributed by atoms with van der Waals surface area (Å²) in [5.74, 6) is 0.0990. The molecule has 0 heterocycles. The third kappa shape index (κ3) is 2.58. The first-order chi connectivity index (χ1) is 4.33. The summed E-state index contributed by atoms with van der Waals surface area (Å²) in [4.78, 5) is 10.6. The van der Waals surface area contributed by atoms with Gasteiger partial charge in [0.25, 0.3) is 0 Å². The van der Waals surface area contributed by atoms with E-state index in [9.17, 15) is 4.79 Å². The van der Waals surface area contributed by atoms with E-state index in [2.05, 4.69) is 5.32 Å². The Hall–Kier alpha value is -0.410. The van der Waals surface area contributed by atoms with Crippen LogP contribution in [0, 0.1) is 0 Å². The van der Waals surface area contributed by atoms with Crippen LogP contribution in [-0.4, -0.2) is 24.9 Å². The Kier molecular flexibility index (Phi) is 2.19. The summed E-state index contributed by atoms with van der Waals surface area (Å²) in [6.07, 6.45) is 2.44. The fourth-order valence-electron chi connectivity index (χ4n) is 0.618. The van der Waals surface area contributed by atoms with E-state index < -0.39 is 0 Å². The third-order valence-electron chi connectivity index (χ3n) is 1.39. The summed E-state index contributed by atoms with van der Waals surface area (Å²) in [7, 11) is 0. The number of nitrogens with one attached hydrogen (secondary N) is 1. The predicted octanol–water partition coefficient (Wildman–Crippen LogP) is -0.734. The van der Waals surface area contributed by atoms with Crippen LogP contribution in [0.4, 0.5) is 0 Å². The van der Waals surface area contributed by atoms with Crippen molar-refractivity contribution >= 4 is 5.78 Å². The number of nitrogens with two attached hydrogens (primary N) is 1. The maximum atomic E-state index is 10.6. The average molecular weight is 128 g/mol. The lowest BCUT2D eigenvalue weighted by atomic mass is 10.4. The smallest absolute Gasteiger partial charge is 0.160 e. The van der Waals surface area contributed by atoms with Gasteiger partial charge in [-0.15, -0.1) is 0 Å². The molecule has 0 aromatic carbocycles. The monoisotopic (exact) mass is 128 g/mol. The summed E-state index contributed by atoms with van der Waals surface area (Å²) >= 11 is 0. The third-order valence-corrected chi connectivity index (χ3v) is 1.39. The lowest BCUT2D eigenvalue weighted by molar-refractivity contribution is -0.116. The van der Waals surface area contributed by atoms with Gasteiger partial charge < -0.3 is 11.1 Å². The van der Waals surface area contributed by atoms with Crippen LogP contribution in [0.1, 0.15) is 12.8 Å². The molecule has 1 fully saturated rings. The number of hydrogen-bond acceptors (Lipinski definition) is 3. The van der Waals surface area contributed by atoms with Gasteiger partial charge in [0.15, 0.2) is 5.78 Å². The van der Waals surface area contributed by atoms with E-state index in [0.717, 1.165) is 0 Å². The molecule has 0 bridgehead atoms. The highest BCUT2D eigenvalue weighted by molar-refractivity contribution is 5.82. The normalized spacial score (nSPS) is 17.9. The minimum Gasteiger partial charge on any atom is -0.324 e. The van der Waals surface area contributed by atoms with Gasteiger partial charge in [-0.25, -0.2) is 0 Å². The van der Waals surface area contributed by atoms with Crippen molar-refractivity contribution in [2.45, 2.75) is 18.9 Å². The summed E-state index contributed by atoms with van der Waals surface area (Å²) in [6, 6.07) is 0.612. The van der Waals surface area contributed by atoms with Gasteiger partial charge in [0.2, 0.25) is 0 Å². The second-order valence-corrected chi connectivity index (χ2v) is 2.40. The molecule has 1 rings (SSSR count). The zero-order valence-corrected chi connectivity index (χ0v) is 5.39. The van der Waals surface area contributed by atoms with Crippen molar-refractivity contribution in [2.24, 2.45) is 5.73 Å². The molecular formula is C6H12N2O. The van der Waals surface area contributed by atoms with Crippen LogP contribution in [0.3, 0.4) is 0 Å². The average Bonchev–Trinajstić information content (AvgIpc) is 2.65. The van der Waals surface area contributed by atoms with Gasteiger partial charge >= 0.3 is 0 Å². The van der Waals surface area contributed by atoms with Crippen LogP contribution >= 0.6 is 0 Å². The molecule has 0 aromatic rings. The van der Waals surface area contributed by atoms with Crippen LogP contribution in [0.2, 0.25) is 0 Å². The Balaban J connectivity index is 1.96. The predicted molar refractivity (Wildman–Crippen MR) is 35.1 cm³/mol. The van der Waals surface area contributed by atoms with Crippen molar-refractivity contribution in [3.05, 3.63) is 0 Å². The number of rotatable bonds is 4. The topological polar surface area (TPSA) is 55.1 Å². The van der Waals surface area contributed by atoms with Crippen molar-refractivity contribution < 1.29 is 4.79 Å². The van der Waals surface area contributed by atoms with E-state index in [1.807, 2.05) is 0 Å². The molecule has 0 spiro atoms. The number of hydrogen-bond donors (Lipinski definition) is 2. The molecule has 1 aliphatic rings. The molecule has 0 aromatic heterocycles. The Bertz CT molecular complexity index is 110. The van der Waals surface area contributed by atoms with E-state index in [1.165, 1.54) is 12.8 Å². The summed E-state index contributed by atoms with van der Waals surface area (Å²) in [5.41, 5.74) is 5.09. The molecule has 0 amide bonds. The first-order valence-electron chi connectivity index (χ1n) is 3.28. The van der Waals surface area contributed by atoms with E-state index in [-0.39, 0.29) is 12.3 Å². The van der Waals surface area contributed by atoms with Gasteiger partial charge in [-0.05, 0) is 12.8 Å². The van der Waals surface area contributed by atoms with Crippen molar-refractivity contribution in [3.63, 3.8) is 0 Å². The fraction of sp³-hybridized carbons (Fsp3) is 0.833. The molecule has 0 aliphatic heterocycles. The largest absolute Gasteiger partial charge is 0.324 e. The number of carbonyl (C=O) groups excluding carboxylic acids is 1. The van der Waals surface area contributed by atoms with Gasteiger partial charge in [0.05, 0.1) is 13.1 Å². The Morgan fingerprint density at radius 3 is 2.78 bits per heavy atom. The van der Waals surface area contributed by atoms with Crippen LogP contribution in [-0.2, 0) is 4.79 Å². The molecule has 1 saturated carbocycles. The second-order valence-electron chi connectivity index (χ2n) is 2.40. The lowest BCUT2D eigenvalue weighted by Gasteiger charge is -1.97. The van der Waals surface area contributed by atoms with E-state index in [0.29, 0.717) is 12.6 Å². The molecule has 0 atom stereocenters. The number of carbonyl (C=O) groups is 1. The highest BCUT2D eigenvalue weighted by Gasteiger charge is 2.20. The highest BCUT2D eigenvalue weighted by atomic mass is 16.1. The van der Waals surface area contributed by atoms with Gasteiger partial charge in [-0.3, -0.25) is 4.79 Å². The number of ketones is 1. The Morgan fingerprint density at radius 1 is 1.67 bits per heavy atom. The molecule has 3 N–H and O–H groups in total. The van der Waals surface area contributed by atoms with Crippen molar-refractivity contribution in [3.8, 4) is 0 Å². The second kappa shape index (κ2) is 2.94. The van der Waals surface area contributed by atoms with Crippen molar-refractivity contribution in [2.75, 3.05) is 13.1 Å². The van der Waals surface area contributed by atoms with E-state index in [4.69, 9.17) is 5.73 Å². The van der Waals surface area contributed by atoms with Gasteiger partial charge in [0.1, 0.15) is 0 Å². The quantitative estimate of drug-likeness (QED) is 0.524. The Morgan fingerprint density at radius 2 is 2.33 bits per heavy atom. The van der Waals surface area contributed by atoms with Gasteiger partial charge in [-0.1, -0.05) is 0 Å². The van der Waals surface area contributed by atoms with Crippen molar-refractivity contribution in [1.82, 2.24) is 5.32 Å². The molecule has 0 unspecified atom stereocenters. The molecule has 1 aliphatic carbocycles. The standard InChI is InChI=1S/C6H12N2O/c7-3-6(9)4-8-5-1-2-5/h5,8H,1-4,7H2. The maximum absolute atomic E-state index is 10.6. The van der Waals surface area contributed by atoms with Crippen molar-refractivity contribution in [1.29, 1.82) is 0 Å². The highest BCUT2D eigenvalue weighted by Crippen LogP contribution is 2.17. The minimum atomic E-state index is 0.0990. The first kappa shape index (κ1) is 6.71. The van der Waals surface area contributed by atoms with Crippen LogP contribution in [0.15, 0.2) is 0 Å². The molecule has 0 saturated heterocycles. The minimum absolute atomic E-state index is 0.0990. The summed E-state index contributed by atoms with van der Waals surface area (Å²) in [5, 5.41) is 3.08. The Labute approximate surface area is 54.6 Å². The van der Waals surface area contributed by atoms with Gasteiger partial charge in [0, 0.05) is 6.04 Å². The van der Waals surface area contributed by atoms with E-state index >= 15 is 0 Å². The zero-order valence-electron chi connectivity index (χ0n) is 5.39. The first-order valence-corrected chi connectivity index (χ1v) is 3.28. The van der Waals surface area contributed by atoms with Crippen LogP contribution in [0.5, 0.6) is 0 Å². The molecule has 52 valence electrons. The van der Waals surface area contributed by atoms with Crippen LogP contribution in [0.25, 0.3) is 0 Å². The van der Waals surface area contributed by atoms with Crippen LogP contribution < -0.4 is 11.1 Å². The summed E-state index contributed by atoms with van der Waals surface area (Å²) < 4.78 is 0.